The number of aryl methyl sites for hydroxylation is 1. The number of para-hydroxylation sites is 1. The number of nitrogens with zero attached hydrogens (tertiary/aromatic N) is 2. The quantitative estimate of drug-likeness (QED) is 0.631. The van der Waals surface area contributed by atoms with Gasteiger partial charge in [0.1, 0.15) is 5.82 Å². The predicted octanol–water partition coefficient (Wildman–Crippen LogP) is 4.90. The standard InChI is InChI=1S/C21H18ClFN2O/c1-24-13-16(15-5-2-3-8-19(15)24)14-9-11-25(12-10-14)21(26)20-17(22)6-4-7-18(20)23/h2-9,13H,10-12H2,1H3. The van der Waals surface area contributed by atoms with Gasteiger partial charge in [-0.25, -0.2) is 4.39 Å². The summed E-state index contributed by atoms with van der Waals surface area (Å²) in [4.78, 5) is 14.3. The maximum absolute atomic E-state index is 14.0. The fraction of sp³-hybridized carbons (Fsp3) is 0.190. The molecule has 0 bridgehead atoms. The Balaban J connectivity index is 1.61. The molecule has 0 aliphatic carbocycles. The summed E-state index contributed by atoms with van der Waals surface area (Å²) in [7, 11) is 2.03. The predicted molar refractivity (Wildman–Crippen MR) is 103 cm³/mol. The van der Waals surface area contributed by atoms with Crippen LogP contribution >= 0.6 is 11.6 Å². The van der Waals surface area contributed by atoms with E-state index in [1.54, 1.807) is 11.0 Å². The summed E-state index contributed by atoms with van der Waals surface area (Å²) >= 11 is 6.03. The van der Waals surface area contributed by atoms with Gasteiger partial charge in [0.05, 0.1) is 10.6 Å². The van der Waals surface area contributed by atoms with E-state index in [1.165, 1.54) is 34.2 Å². The summed E-state index contributed by atoms with van der Waals surface area (Å²) in [6.45, 7) is 0.987. The number of amides is 1. The van der Waals surface area contributed by atoms with Gasteiger partial charge in [-0.15, -0.1) is 0 Å². The fourth-order valence-electron chi connectivity index (χ4n) is 3.56. The molecule has 132 valence electrons. The van der Waals surface area contributed by atoms with E-state index in [0.717, 1.165) is 6.42 Å². The average Bonchev–Trinajstić information content (AvgIpc) is 2.99. The summed E-state index contributed by atoms with van der Waals surface area (Å²) in [5.74, 6) is -0.937. The highest BCUT2D eigenvalue weighted by Gasteiger charge is 2.24. The van der Waals surface area contributed by atoms with Gasteiger partial charge in [-0.1, -0.05) is 41.9 Å². The van der Waals surface area contributed by atoms with Gasteiger partial charge >= 0.3 is 0 Å². The van der Waals surface area contributed by atoms with Gasteiger partial charge in [-0.3, -0.25) is 4.79 Å². The molecule has 3 aromatic rings. The molecule has 3 nitrogen and oxygen atoms in total. The Hall–Kier alpha value is -2.59. The Morgan fingerprint density at radius 2 is 1.96 bits per heavy atom. The first-order valence-corrected chi connectivity index (χ1v) is 8.91. The topological polar surface area (TPSA) is 25.2 Å². The van der Waals surface area contributed by atoms with E-state index < -0.39 is 5.82 Å². The lowest BCUT2D eigenvalue weighted by molar-refractivity contribution is 0.0768. The molecule has 5 heteroatoms. The van der Waals surface area contributed by atoms with Crippen molar-refractivity contribution < 1.29 is 9.18 Å². The molecule has 2 heterocycles. The van der Waals surface area contributed by atoms with Crippen molar-refractivity contribution in [2.45, 2.75) is 6.42 Å². The first-order chi connectivity index (χ1) is 12.6. The Labute approximate surface area is 156 Å². The molecule has 0 spiro atoms. The summed E-state index contributed by atoms with van der Waals surface area (Å²) < 4.78 is 16.1. The van der Waals surface area contributed by atoms with Gasteiger partial charge in [-0.2, -0.15) is 0 Å². The molecule has 1 aliphatic heterocycles. The second-order valence-corrected chi connectivity index (χ2v) is 6.91. The molecule has 0 atom stereocenters. The Morgan fingerprint density at radius 3 is 2.69 bits per heavy atom. The van der Waals surface area contributed by atoms with E-state index in [-0.39, 0.29) is 16.5 Å². The van der Waals surface area contributed by atoms with Crippen LogP contribution in [0.25, 0.3) is 16.5 Å². The second kappa shape index (κ2) is 6.61. The second-order valence-electron chi connectivity index (χ2n) is 6.50. The van der Waals surface area contributed by atoms with Crippen LogP contribution in [-0.2, 0) is 7.05 Å². The summed E-state index contributed by atoms with van der Waals surface area (Å²) in [5.41, 5.74) is 3.54. The SMILES string of the molecule is Cn1cc(C2=CCN(C(=O)c3c(F)cccc3Cl)CC2)c2ccccc21. The zero-order valence-electron chi connectivity index (χ0n) is 14.4. The van der Waals surface area contributed by atoms with Crippen LogP contribution in [0.2, 0.25) is 5.02 Å². The molecule has 0 saturated carbocycles. The maximum atomic E-state index is 14.0. The van der Waals surface area contributed by atoms with Gasteiger partial charge in [0.15, 0.2) is 0 Å². The number of benzene rings is 2. The molecule has 0 radical (unpaired) electrons. The molecular formula is C21H18ClFN2O. The minimum Gasteiger partial charge on any atom is -0.350 e. The lowest BCUT2D eigenvalue weighted by Gasteiger charge is -2.27. The third kappa shape index (κ3) is 2.80. The minimum absolute atomic E-state index is 0.0452. The van der Waals surface area contributed by atoms with Gasteiger partial charge in [0.25, 0.3) is 5.91 Å². The molecule has 0 saturated heterocycles. The van der Waals surface area contributed by atoms with Gasteiger partial charge in [0.2, 0.25) is 0 Å². The highest BCUT2D eigenvalue weighted by Crippen LogP contribution is 2.31. The molecule has 0 unspecified atom stereocenters. The van der Waals surface area contributed by atoms with Crippen LogP contribution in [0.3, 0.4) is 0 Å². The Kier molecular flexibility index (Phi) is 4.29. The van der Waals surface area contributed by atoms with E-state index in [2.05, 4.69) is 29.0 Å². The van der Waals surface area contributed by atoms with E-state index in [9.17, 15) is 9.18 Å². The largest absolute Gasteiger partial charge is 0.350 e. The van der Waals surface area contributed by atoms with Crippen LogP contribution in [0.4, 0.5) is 4.39 Å². The number of aromatic nitrogens is 1. The van der Waals surface area contributed by atoms with Crippen molar-refractivity contribution in [1.82, 2.24) is 9.47 Å². The molecular weight excluding hydrogens is 351 g/mol. The molecule has 1 aliphatic rings. The lowest BCUT2D eigenvalue weighted by Crippen LogP contribution is -2.35. The number of hydrogen-bond donors (Lipinski definition) is 0. The van der Waals surface area contributed by atoms with Crippen molar-refractivity contribution in [1.29, 1.82) is 0 Å². The molecule has 0 N–H and O–H groups in total. The van der Waals surface area contributed by atoms with Crippen LogP contribution in [0.5, 0.6) is 0 Å². The van der Waals surface area contributed by atoms with Crippen LogP contribution in [-0.4, -0.2) is 28.5 Å². The van der Waals surface area contributed by atoms with Crippen LogP contribution in [0.1, 0.15) is 22.3 Å². The highest BCUT2D eigenvalue weighted by atomic mass is 35.5. The van der Waals surface area contributed by atoms with Crippen molar-refractivity contribution in [3.63, 3.8) is 0 Å². The smallest absolute Gasteiger partial charge is 0.258 e. The van der Waals surface area contributed by atoms with Crippen molar-refractivity contribution in [3.8, 4) is 0 Å². The highest BCUT2D eigenvalue weighted by molar-refractivity contribution is 6.33. The number of rotatable bonds is 2. The molecule has 26 heavy (non-hydrogen) atoms. The van der Waals surface area contributed by atoms with E-state index in [4.69, 9.17) is 11.6 Å². The van der Waals surface area contributed by atoms with Crippen LogP contribution in [0, 0.1) is 5.82 Å². The van der Waals surface area contributed by atoms with Crippen LogP contribution in [0.15, 0.2) is 54.7 Å². The third-order valence-electron chi connectivity index (χ3n) is 4.92. The average molecular weight is 369 g/mol. The van der Waals surface area contributed by atoms with E-state index >= 15 is 0 Å². The zero-order chi connectivity index (χ0) is 18.3. The monoisotopic (exact) mass is 368 g/mol. The maximum Gasteiger partial charge on any atom is 0.258 e. The Morgan fingerprint density at radius 1 is 1.15 bits per heavy atom. The summed E-state index contributed by atoms with van der Waals surface area (Å²) in [5, 5.41) is 1.36. The van der Waals surface area contributed by atoms with Gasteiger partial charge in [0, 0.05) is 42.8 Å². The van der Waals surface area contributed by atoms with Crippen LogP contribution < -0.4 is 0 Å². The molecule has 2 aromatic carbocycles. The number of carbonyl (C=O) groups is 1. The normalized spacial score (nSPS) is 14.6. The molecule has 1 aromatic heterocycles. The van der Waals surface area contributed by atoms with Gasteiger partial charge in [-0.05, 0) is 30.2 Å². The molecule has 1 amide bonds. The lowest BCUT2D eigenvalue weighted by atomic mass is 9.98. The van der Waals surface area contributed by atoms with Crippen molar-refractivity contribution in [3.05, 3.63) is 76.7 Å². The van der Waals surface area contributed by atoms with Gasteiger partial charge < -0.3 is 9.47 Å². The molecule has 4 rings (SSSR count). The van der Waals surface area contributed by atoms with Crippen molar-refractivity contribution in [2.24, 2.45) is 7.05 Å². The first kappa shape index (κ1) is 16.9. The fourth-order valence-corrected chi connectivity index (χ4v) is 3.80. The first-order valence-electron chi connectivity index (χ1n) is 8.53. The van der Waals surface area contributed by atoms with Crippen molar-refractivity contribution >= 4 is 34.0 Å². The van der Waals surface area contributed by atoms with Crippen molar-refractivity contribution in [2.75, 3.05) is 13.1 Å². The Bertz CT molecular complexity index is 1020. The number of hydrogen-bond acceptors (Lipinski definition) is 1. The minimum atomic E-state index is -0.577. The number of fused-ring (bicyclic) bond motifs is 1. The van der Waals surface area contributed by atoms with E-state index in [0.29, 0.717) is 13.1 Å². The number of halogens is 2. The third-order valence-corrected chi connectivity index (χ3v) is 5.23. The zero-order valence-corrected chi connectivity index (χ0v) is 15.1. The number of carbonyl (C=O) groups excluding carboxylic acids is 1. The molecule has 0 fully saturated rings. The van der Waals surface area contributed by atoms with E-state index in [1.807, 2.05) is 19.2 Å². The summed E-state index contributed by atoms with van der Waals surface area (Å²) in [6, 6.07) is 12.6. The summed E-state index contributed by atoms with van der Waals surface area (Å²) in [6.07, 6.45) is 4.91.